The molecule has 1 aromatic carbocycles. The van der Waals surface area contributed by atoms with E-state index < -0.39 is 8.03 Å². The molecule has 0 fully saturated rings. The van der Waals surface area contributed by atoms with Crippen molar-refractivity contribution in [3.05, 3.63) is 35.9 Å². The summed E-state index contributed by atoms with van der Waals surface area (Å²) in [4.78, 5) is 8.78. The molecular formula is C8H13AlO2P+. The fourth-order valence-corrected chi connectivity index (χ4v) is 1.29. The molecule has 2 atom stereocenters. The summed E-state index contributed by atoms with van der Waals surface area (Å²) in [6, 6.07) is 9.33. The summed E-state index contributed by atoms with van der Waals surface area (Å²) in [5, 5.41) is 0. The van der Waals surface area contributed by atoms with E-state index in [2.05, 4.69) is 0 Å². The monoisotopic (exact) mass is 199 g/mol. The largest absolute Gasteiger partial charge is 0.513 e. The SMILES string of the molecule is CC(c1ccccc1)[P+](=O)O.[AlH3]. The predicted molar refractivity (Wildman–Crippen MR) is 54.6 cm³/mol. The Hall–Kier alpha value is -0.188. The molecule has 0 saturated carbocycles. The average molecular weight is 199 g/mol. The third-order valence-corrected chi connectivity index (χ3v) is 2.57. The van der Waals surface area contributed by atoms with Gasteiger partial charge in [0.2, 0.25) is 5.66 Å². The Labute approximate surface area is 83.6 Å². The zero-order valence-corrected chi connectivity index (χ0v) is 7.16. The summed E-state index contributed by atoms with van der Waals surface area (Å²) in [7, 11) is -2.09. The highest BCUT2D eigenvalue weighted by molar-refractivity contribution is 7.38. The maximum absolute atomic E-state index is 10.6. The van der Waals surface area contributed by atoms with Crippen LogP contribution in [0.4, 0.5) is 0 Å². The molecule has 0 saturated heterocycles. The van der Waals surface area contributed by atoms with Crippen LogP contribution in [-0.4, -0.2) is 22.3 Å². The van der Waals surface area contributed by atoms with Crippen molar-refractivity contribution in [1.82, 2.24) is 0 Å². The van der Waals surface area contributed by atoms with Gasteiger partial charge in [-0.15, -0.1) is 0 Å². The Morgan fingerprint density at radius 1 is 1.33 bits per heavy atom. The minimum Gasteiger partial charge on any atom is -0.160 e. The summed E-state index contributed by atoms with van der Waals surface area (Å²) in [6.07, 6.45) is 0. The second-order valence-corrected chi connectivity index (χ2v) is 3.77. The first kappa shape index (κ1) is 11.8. The second kappa shape index (κ2) is 5.46. The first-order valence-corrected chi connectivity index (χ1v) is 4.70. The fourth-order valence-electron chi connectivity index (χ4n) is 0.859. The molecule has 2 nitrogen and oxygen atoms in total. The number of rotatable bonds is 2. The van der Waals surface area contributed by atoms with Crippen molar-refractivity contribution in [3.8, 4) is 0 Å². The van der Waals surface area contributed by atoms with Crippen molar-refractivity contribution in [1.29, 1.82) is 0 Å². The molecule has 12 heavy (non-hydrogen) atoms. The molecule has 0 aromatic heterocycles. The minimum atomic E-state index is -2.09. The first-order chi connectivity index (χ1) is 5.22. The van der Waals surface area contributed by atoms with E-state index in [1.54, 1.807) is 6.92 Å². The Kier molecular flexibility index (Phi) is 5.37. The van der Waals surface area contributed by atoms with Crippen molar-refractivity contribution in [2.24, 2.45) is 0 Å². The van der Waals surface area contributed by atoms with Crippen LogP contribution in [0.3, 0.4) is 0 Å². The van der Waals surface area contributed by atoms with Crippen molar-refractivity contribution in [3.63, 3.8) is 0 Å². The lowest BCUT2D eigenvalue weighted by Gasteiger charge is -1.95. The van der Waals surface area contributed by atoms with Crippen molar-refractivity contribution >= 4 is 25.4 Å². The van der Waals surface area contributed by atoms with Gasteiger partial charge >= 0.3 is 8.03 Å². The molecule has 2 unspecified atom stereocenters. The highest BCUT2D eigenvalue weighted by Gasteiger charge is 2.24. The van der Waals surface area contributed by atoms with Gasteiger partial charge in [-0.05, 0) is 11.5 Å². The van der Waals surface area contributed by atoms with E-state index in [0.717, 1.165) is 5.56 Å². The molecule has 0 aliphatic rings. The third kappa shape index (κ3) is 3.05. The minimum absolute atomic E-state index is 0. The Morgan fingerprint density at radius 2 is 1.83 bits per heavy atom. The normalized spacial score (nSPS) is 13.0. The van der Waals surface area contributed by atoms with Gasteiger partial charge in [0.25, 0.3) is 0 Å². The highest BCUT2D eigenvalue weighted by Crippen LogP contribution is 2.36. The molecule has 1 rings (SSSR count). The van der Waals surface area contributed by atoms with Gasteiger partial charge < -0.3 is 0 Å². The lowest BCUT2D eigenvalue weighted by molar-refractivity contribution is 0.493. The lowest BCUT2D eigenvalue weighted by Crippen LogP contribution is -1.85. The van der Waals surface area contributed by atoms with Gasteiger partial charge in [-0.25, -0.2) is 0 Å². The van der Waals surface area contributed by atoms with E-state index in [-0.39, 0.29) is 23.0 Å². The molecule has 0 radical (unpaired) electrons. The molecule has 0 aliphatic carbocycles. The van der Waals surface area contributed by atoms with Crippen LogP contribution >= 0.6 is 8.03 Å². The standard InChI is InChI=1S/C8H9O2P.Al.3H/c1-7(11(9)10)8-5-3-2-4-6-8;;;;/h2-7H,1H3;;;;/p+1. The summed E-state index contributed by atoms with van der Waals surface area (Å²) < 4.78 is 10.6. The van der Waals surface area contributed by atoms with Gasteiger partial charge in [-0.1, -0.05) is 30.3 Å². The molecule has 0 aliphatic heterocycles. The summed E-state index contributed by atoms with van der Waals surface area (Å²) in [5.41, 5.74) is 0.655. The molecule has 1 aromatic rings. The summed E-state index contributed by atoms with van der Waals surface area (Å²) in [5.74, 6) is 0. The number of hydrogen-bond acceptors (Lipinski definition) is 1. The smallest absolute Gasteiger partial charge is 0.160 e. The van der Waals surface area contributed by atoms with Crippen LogP contribution in [0.5, 0.6) is 0 Å². The quantitative estimate of drug-likeness (QED) is 0.575. The molecule has 0 spiro atoms. The number of benzene rings is 1. The maximum Gasteiger partial charge on any atom is 0.513 e. The van der Waals surface area contributed by atoms with E-state index in [1.807, 2.05) is 30.3 Å². The predicted octanol–water partition coefficient (Wildman–Crippen LogP) is 1.30. The van der Waals surface area contributed by atoms with Gasteiger partial charge in [-0.2, -0.15) is 4.89 Å². The molecule has 1 N–H and O–H groups in total. The Balaban J connectivity index is 0.00000121. The van der Waals surface area contributed by atoms with Crippen LogP contribution in [0.25, 0.3) is 0 Å². The van der Waals surface area contributed by atoms with Gasteiger partial charge in [0.1, 0.15) is 0 Å². The average Bonchev–Trinajstić information content (AvgIpc) is 2.05. The van der Waals surface area contributed by atoms with Gasteiger partial charge in [-0.3, -0.25) is 0 Å². The van der Waals surface area contributed by atoms with Crippen LogP contribution in [0, 0.1) is 0 Å². The molecule has 0 heterocycles. The van der Waals surface area contributed by atoms with E-state index in [4.69, 9.17) is 4.89 Å². The molecule has 4 heteroatoms. The summed E-state index contributed by atoms with van der Waals surface area (Å²) in [6.45, 7) is 1.74. The third-order valence-electron chi connectivity index (χ3n) is 1.61. The van der Waals surface area contributed by atoms with Crippen molar-refractivity contribution in [2.75, 3.05) is 0 Å². The highest BCUT2D eigenvalue weighted by atomic mass is 31.1. The van der Waals surface area contributed by atoms with Crippen LogP contribution in [0.15, 0.2) is 30.3 Å². The van der Waals surface area contributed by atoms with Gasteiger partial charge in [0.15, 0.2) is 17.4 Å². The summed E-state index contributed by atoms with van der Waals surface area (Å²) >= 11 is 0. The Bertz CT molecular complexity index is 250. The molecule has 0 bridgehead atoms. The zero-order chi connectivity index (χ0) is 8.27. The first-order valence-electron chi connectivity index (χ1n) is 3.42. The van der Waals surface area contributed by atoms with Crippen LogP contribution in [0.1, 0.15) is 18.1 Å². The fraction of sp³-hybridized carbons (Fsp3) is 0.250. The molecule has 64 valence electrons. The van der Waals surface area contributed by atoms with E-state index in [1.165, 1.54) is 0 Å². The Morgan fingerprint density at radius 3 is 2.25 bits per heavy atom. The number of hydrogen-bond donors (Lipinski definition) is 1. The van der Waals surface area contributed by atoms with Crippen LogP contribution in [0.2, 0.25) is 0 Å². The second-order valence-electron chi connectivity index (χ2n) is 2.39. The lowest BCUT2D eigenvalue weighted by atomic mass is 10.2. The van der Waals surface area contributed by atoms with Gasteiger partial charge in [0, 0.05) is 5.56 Å². The maximum atomic E-state index is 10.6. The molecule has 0 amide bonds. The van der Waals surface area contributed by atoms with Gasteiger partial charge in [0.05, 0.1) is 0 Å². The van der Waals surface area contributed by atoms with Crippen LogP contribution < -0.4 is 0 Å². The van der Waals surface area contributed by atoms with Crippen LogP contribution in [-0.2, 0) is 4.57 Å². The van der Waals surface area contributed by atoms with Crippen molar-refractivity contribution in [2.45, 2.75) is 12.6 Å². The molecular weight excluding hydrogens is 186 g/mol. The van der Waals surface area contributed by atoms with Crippen molar-refractivity contribution < 1.29 is 9.46 Å². The topological polar surface area (TPSA) is 37.3 Å². The zero-order valence-electron chi connectivity index (χ0n) is 6.27. The van der Waals surface area contributed by atoms with E-state index in [0.29, 0.717) is 0 Å². The van der Waals surface area contributed by atoms with E-state index in [9.17, 15) is 4.57 Å². The van der Waals surface area contributed by atoms with E-state index >= 15 is 0 Å².